The Labute approximate surface area is 167 Å². The van der Waals surface area contributed by atoms with Gasteiger partial charge in [0.1, 0.15) is 5.01 Å². The summed E-state index contributed by atoms with van der Waals surface area (Å²) in [5, 5.41) is 5.78. The first-order valence-electron chi connectivity index (χ1n) is 9.05. The fourth-order valence-electron chi connectivity index (χ4n) is 2.97. The van der Waals surface area contributed by atoms with E-state index in [9.17, 15) is 4.79 Å². The number of thiazole rings is 1. The van der Waals surface area contributed by atoms with E-state index in [1.54, 1.807) is 6.20 Å². The minimum Gasteiger partial charge on any atom is -0.325 e. The van der Waals surface area contributed by atoms with Crippen molar-refractivity contribution in [2.45, 2.75) is 12.8 Å². The quantitative estimate of drug-likeness (QED) is 0.509. The van der Waals surface area contributed by atoms with Crippen molar-refractivity contribution in [3.05, 3.63) is 101 Å². The zero-order chi connectivity index (χ0) is 19.2. The lowest BCUT2D eigenvalue weighted by atomic mass is 10.0. The lowest BCUT2D eigenvalue weighted by molar-refractivity contribution is -0.115. The third-order valence-electron chi connectivity index (χ3n) is 4.31. The van der Waals surface area contributed by atoms with Crippen LogP contribution in [0.1, 0.15) is 16.8 Å². The molecule has 0 unspecified atom stereocenters. The minimum absolute atomic E-state index is 0.0709. The van der Waals surface area contributed by atoms with Gasteiger partial charge in [-0.05, 0) is 35.7 Å². The van der Waals surface area contributed by atoms with Crippen molar-refractivity contribution < 1.29 is 4.79 Å². The second-order valence-electron chi connectivity index (χ2n) is 6.40. The van der Waals surface area contributed by atoms with Crippen molar-refractivity contribution in [2.24, 2.45) is 0 Å². The first-order valence-corrected chi connectivity index (χ1v) is 9.93. The summed E-state index contributed by atoms with van der Waals surface area (Å²) in [6, 6.07) is 23.9. The maximum absolute atomic E-state index is 12.6. The molecule has 4 aromatic rings. The van der Waals surface area contributed by atoms with E-state index in [4.69, 9.17) is 0 Å². The standard InChI is InChI=1S/C23H19N3OS/c27-22(15-19-16-28-23(25-19)21-12-6-7-13-24-21)26-20-11-5-4-10-18(20)14-17-8-2-1-3-9-17/h1-13,16H,14-15H2,(H,26,27). The summed E-state index contributed by atoms with van der Waals surface area (Å²) in [7, 11) is 0. The van der Waals surface area contributed by atoms with Crippen LogP contribution in [-0.2, 0) is 17.6 Å². The molecular formula is C23H19N3OS. The van der Waals surface area contributed by atoms with Crippen molar-refractivity contribution in [1.82, 2.24) is 9.97 Å². The van der Waals surface area contributed by atoms with Gasteiger partial charge in [0.05, 0.1) is 17.8 Å². The number of hydrogen-bond donors (Lipinski definition) is 1. The molecule has 28 heavy (non-hydrogen) atoms. The van der Waals surface area contributed by atoms with E-state index in [2.05, 4.69) is 27.4 Å². The highest BCUT2D eigenvalue weighted by Crippen LogP contribution is 2.23. The summed E-state index contributed by atoms with van der Waals surface area (Å²) in [6.45, 7) is 0. The van der Waals surface area contributed by atoms with Crippen molar-refractivity contribution in [1.29, 1.82) is 0 Å². The van der Waals surface area contributed by atoms with Crippen LogP contribution in [0.4, 0.5) is 5.69 Å². The fourth-order valence-corrected chi connectivity index (χ4v) is 3.76. The molecule has 138 valence electrons. The molecule has 0 radical (unpaired) electrons. The summed E-state index contributed by atoms with van der Waals surface area (Å²) in [4.78, 5) is 21.4. The number of carbonyl (C=O) groups is 1. The summed E-state index contributed by atoms with van der Waals surface area (Å²) in [5.74, 6) is -0.0709. The largest absolute Gasteiger partial charge is 0.325 e. The van der Waals surface area contributed by atoms with E-state index in [-0.39, 0.29) is 12.3 Å². The van der Waals surface area contributed by atoms with Crippen molar-refractivity contribution in [3.8, 4) is 10.7 Å². The molecule has 0 bridgehead atoms. The summed E-state index contributed by atoms with van der Waals surface area (Å²) >= 11 is 1.50. The minimum atomic E-state index is -0.0709. The number of anilines is 1. The molecule has 4 rings (SSSR count). The van der Waals surface area contributed by atoms with Crippen molar-refractivity contribution in [3.63, 3.8) is 0 Å². The van der Waals surface area contributed by atoms with Gasteiger partial charge in [0.2, 0.25) is 5.91 Å². The third kappa shape index (κ3) is 4.50. The van der Waals surface area contributed by atoms with Crippen LogP contribution in [0.25, 0.3) is 10.7 Å². The molecule has 1 N–H and O–H groups in total. The predicted molar refractivity (Wildman–Crippen MR) is 113 cm³/mol. The maximum Gasteiger partial charge on any atom is 0.230 e. The van der Waals surface area contributed by atoms with E-state index < -0.39 is 0 Å². The molecule has 4 nitrogen and oxygen atoms in total. The Kier molecular flexibility index (Phi) is 5.54. The Morgan fingerprint density at radius 3 is 2.54 bits per heavy atom. The lowest BCUT2D eigenvalue weighted by Crippen LogP contribution is -2.16. The Morgan fingerprint density at radius 1 is 0.929 bits per heavy atom. The maximum atomic E-state index is 12.6. The van der Waals surface area contributed by atoms with Gasteiger partial charge < -0.3 is 5.32 Å². The molecule has 2 aromatic carbocycles. The van der Waals surface area contributed by atoms with Crippen LogP contribution in [0.5, 0.6) is 0 Å². The number of rotatable bonds is 6. The topological polar surface area (TPSA) is 54.9 Å². The number of pyridine rings is 1. The van der Waals surface area contributed by atoms with Crippen molar-refractivity contribution in [2.75, 3.05) is 5.32 Å². The Balaban J connectivity index is 1.44. The molecule has 1 amide bonds. The smallest absolute Gasteiger partial charge is 0.230 e. The third-order valence-corrected chi connectivity index (χ3v) is 5.22. The van der Waals surface area contributed by atoms with Crippen LogP contribution < -0.4 is 5.32 Å². The number of benzene rings is 2. The number of nitrogens with zero attached hydrogens (tertiary/aromatic N) is 2. The highest BCUT2D eigenvalue weighted by Gasteiger charge is 2.11. The van der Waals surface area contributed by atoms with E-state index >= 15 is 0 Å². The van der Waals surface area contributed by atoms with Gasteiger partial charge in [0.25, 0.3) is 0 Å². The molecule has 0 aliphatic heterocycles. The van der Waals surface area contributed by atoms with Gasteiger partial charge in [0, 0.05) is 17.3 Å². The highest BCUT2D eigenvalue weighted by atomic mass is 32.1. The Bertz CT molecular complexity index is 1060. The highest BCUT2D eigenvalue weighted by molar-refractivity contribution is 7.13. The van der Waals surface area contributed by atoms with Gasteiger partial charge in [-0.1, -0.05) is 54.6 Å². The van der Waals surface area contributed by atoms with Crippen LogP contribution in [0, 0.1) is 0 Å². The van der Waals surface area contributed by atoms with E-state index in [0.29, 0.717) is 0 Å². The van der Waals surface area contributed by atoms with Crippen LogP contribution in [0.15, 0.2) is 84.4 Å². The Hall–Kier alpha value is -3.31. The van der Waals surface area contributed by atoms with E-state index in [0.717, 1.165) is 34.1 Å². The summed E-state index contributed by atoms with van der Waals surface area (Å²) in [6.07, 6.45) is 2.76. The fraction of sp³-hybridized carbons (Fsp3) is 0.0870. The second kappa shape index (κ2) is 8.59. The molecule has 2 heterocycles. The summed E-state index contributed by atoms with van der Waals surface area (Å²) < 4.78 is 0. The number of hydrogen-bond acceptors (Lipinski definition) is 4. The average molecular weight is 385 g/mol. The zero-order valence-electron chi connectivity index (χ0n) is 15.2. The number of aromatic nitrogens is 2. The molecule has 0 atom stereocenters. The zero-order valence-corrected chi connectivity index (χ0v) is 16.0. The normalized spacial score (nSPS) is 10.6. The van der Waals surface area contributed by atoms with E-state index in [1.165, 1.54) is 16.9 Å². The second-order valence-corrected chi connectivity index (χ2v) is 7.26. The molecular weight excluding hydrogens is 366 g/mol. The monoisotopic (exact) mass is 385 g/mol. The van der Waals surface area contributed by atoms with Gasteiger partial charge in [-0.3, -0.25) is 9.78 Å². The van der Waals surface area contributed by atoms with Crippen LogP contribution in [0.3, 0.4) is 0 Å². The van der Waals surface area contributed by atoms with E-state index in [1.807, 2.05) is 66.0 Å². The first-order chi connectivity index (χ1) is 13.8. The molecule has 0 aliphatic carbocycles. The first kappa shape index (κ1) is 18.1. The number of para-hydroxylation sites is 1. The molecule has 0 aliphatic rings. The molecule has 0 saturated carbocycles. The molecule has 0 spiro atoms. The van der Waals surface area contributed by atoms with Crippen molar-refractivity contribution >= 4 is 22.9 Å². The van der Waals surface area contributed by atoms with Crippen LogP contribution in [-0.4, -0.2) is 15.9 Å². The predicted octanol–water partition coefficient (Wildman–Crippen LogP) is 4.98. The lowest BCUT2D eigenvalue weighted by Gasteiger charge is -2.11. The van der Waals surface area contributed by atoms with Gasteiger partial charge in [-0.15, -0.1) is 11.3 Å². The van der Waals surface area contributed by atoms with Gasteiger partial charge in [-0.25, -0.2) is 4.98 Å². The molecule has 5 heteroatoms. The van der Waals surface area contributed by atoms with Crippen LogP contribution >= 0.6 is 11.3 Å². The summed E-state index contributed by atoms with van der Waals surface area (Å²) in [5.41, 5.74) is 4.73. The molecule has 0 saturated heterocycles. The molecule has 0 fully saturated rings. The Morgan fingerprint density at radius 2 is 1.71 bits per heavy atom. The number of amides is 1. The number of carbonyl (C=O) groups excluding carboxylic acids is 1. The van der Waals surface area contributed by atoms with Gasteiger partial charge in [-0.2, -0.15) is 0 Å². The number of nitrogens with one attached hydrogen (secondary N) is 1. The van der Waals surface area contributed by atoms with Gasteiger partial charge >= 0.3 is 0 Å². The molecule has 2 aromatic heterocycles. The SMILES string of the molecule is O=C(Cc1csc(-c2ccccn2)n1)Nc1ccccc1Cc1ccccc1. The average Bonchev–Trinajstić information content (AvgIpc) is 3.19. The van der Waals surface area contributed by atoms with Crippen LogP contribution in [0.2, 0.25) is 0 Å². The van der Waals surface area contributed by atoms with Gasteiger partial charge in [0.15, 0.2) is 0 Å².